The Kier molecular flexibility index (Phi) is 3.83. The molecule has 5 nitrogen and oxygen atoms in total. The Morgan fingerprint density at radius 1 is 1.18 bits per heavy atom. The van der Waals surface area contributed by atoms with Crippen molar-refractivity contribution in [2.45, 2.75) is 0 Å². The summed E-state index contributed by atoms with van der Waals surface area (Å²) in [5, 5.41) is 20.7. The molecule has 2 aromatic rings. The van der Waals surface area contributed by atoms with Gasteiger partial charge in [0.15, 0.2) is 5.71 Å². The Morgan fingerprint density at radius 3 is 2.73 bits per heavy atom. The van der Waals surface area contributed by atoms with E-state index in [9.17, 15) is 9.90 Å². The van der Waals surface area contributed by atoms with Crippen molar-refractivity contribution in [1.82, 2.24) is 0 Å². The molecule has 0 unspecified atom stereocenters. The van der Waals surface area contributed by atoms with Gasteiger partial charge >= 0.3 is 0 Å². The number of phenols is 1. The summed E-state index contributed by atoms with van der Waals surface area (Å²) in [6, 6.07) is 9.79. The highest BCUT2D eigenvalue weighted by molar-refractivity contribution is 6.56. The van der Waals surface area contributed by atoms with Gasteiger partial charge in [-0.15, -0.1) is 5.10 Å². The molecule has 3 rings (SSSR count). The monoisotopic (exact) mass is 333 g/mol. The molecule has 0 spiro atoms. The van der Waals surface area contributed by atoms with Crippen molar-refractivity contribution in [1.29, 1.82) is 0 Å². The van der Waals surface area contributed by atoms with E-state index in [1.54, 1.807) is 24.3 Å². The van der Waals surface area contributed by atoms with Crippen LogP contribution in [0.1, 0.15) is 11.1 Å². The highest BCUT2D eigenvalue weighted by atomic mass is 35.5. The van der Waals surface area contributed by atoms with E-state index in [-0.39, 0.29) is 11.5 Å². The van der Waals surface area contributed by atoms with E-state index in [0.717, 1.165) is 0 Å². The van der Waals surface area contributed by atoms with Gasteiger partial charge in [-0.1, -0.05) is 35.3 Å². The van der Waals surface area contributed by atoms with E-state index in [0.29, 0.717) is 26.9 Å². The third-order valence-corrected chi connectivity index (χ3v) is 3.57. The molecule has 1 amide bonds. The van der Waals surface area contributed by atoms with Crippen LogP contribution in [-0.4, -0.2) is 22.9 Å². The van der Waals surface area contributed by atoms with Crippen LogP contribution in [0.25, 0.3) is 0 Å². The van der Waals surface area contributed by atoms with Gasteiger partial charge in [0.05, 0.1) is 16.9 Å². The molecule has 1 heterocycles. The fraction of sp³-hybridized carbons (Fsp3) is 0. The molecular weight excluding hydrogens is 325 g/mol. The number of anilines is 1. The number of aromatic hydroxyl groups is 1. The number of nitrogens with one attached hydrogen (secondary N) is 1. The lowest BCUT2D eigenvalue weighted by Crippen LogP contribution is -2.13. The zero-order chi connectivity index (χ0) is 15.7. The number of rotatable bonds is 2. The molecule has 1 aliphatic heterocycles. The second-order valence-corrected chi connectivity index (χ2v) is 5.36. The van der Waals surface area contributed by atoms with Gasteiger partial charge in [0.2, 0.25) is 0 Å². The molecule has 0 aromatic heterocycles. The highest BCUT2D eigenvalue weighted by Gasteiger charge is 2.28. The molecule has 1 aliphatic rings. The van der Waals surface area contributed by atoms with Crippen molar-refractivity contribution < 1.29 is 9.90 Å². The van der Waals surface area contributed by atoms with Crippen LogP contribution in [0.2, 0.25) is 10.0 Å². The van der Waals surface area contributed by atoms with Gasteiger partial charge in [0, 0.05) is 16.1 Å². The summed E-state index contributed by atoms with van der Waals surface area (Å²) in [5.41, 5.74) is 1.57. The Bertz CT molecular complexity index is 832. The van der Waals surface area contributed by atoms with Crippen molar-refractivity contribution in [2.24, 2.45) is 10.2 Å². The lowest BCUT2D eigenvalue weighted by atomic mass is 10.1. The molecule has 110 valence electrons. The number of halogens is 2. The molecule has 22 heavy (non-hydrogen) atoms. The average Bonchev–Trinajstić information content (AvgIpc) is 2.78. The molecule has 7 heteroatoms. The van der Waals surface area contributed by atoms with Gasteiger partial charge in [-0.05, 0) is 24.3 Å². The molecular formula is C15H9Cl2N3O2. The van der Waals surface area contributed by atoms with Crippen molar-refractivity contribution >= 4 is 46.7 Å². The Labute approximate surface area is 135 Å². The average molecular weight is 334 g/mol. The van der Waals surface area contributed by atoms with Crippen LogP contribution >= 0.6 is 23.2 Å². The molecule has 0 radical (unpaired) electrons. The van der Waals surface area contributed by atoms with Gasteiger partial charge in [-0.3, -0.25) is 4.79 Å². The highest BCUT2D eigenvalue weighted by Crippen LogP contribution is 2.34. The smallest absolute Gasteiger partial charge is 0.276 e. The first-order valence-electron chi connectivity index (χ1n) is 6.26. The predicted molar refractivity (Wildman–Crippen MR) is 87.3 cm³/mol. The number of amides is 1. The third kappa shape index (κ3) is 2.68. The summed E-state index contributed by atoms with van der Waals surface area (Å²) in [7, 11) is 0. The largest absolute Gasteiger partial charge is 0.507 e. The number of hydrogen-bond donors (Lipinski definition) is 2. The molecule has 0 atom stereocenters. The fourth-order valence-corrected chi connectivity index (χ4v) is 2.57. The minimum absolute atomic E-state index is 0.0776. The fourth-order valence-electron chi connectivity index (χ4n) is 2.03. The number of benzene rings is 2. The molecule has 0 aliphatic carbocycles. The number of carbonyl (C=O) groups excluding carboxylic acids is 1. The Morgan fingerprint density at radius 2 is 1.95 bits per heavy atom. The second-order valence-electron chi connectivity index (χ2n) is 4.52. The summed E-state index contributed by atoms with van der Waals surface area (Å²) in [4.78, 5) is 11.9. The standard InChI is InChI=1S/C15H9Cl2N3O2/c16-9-5-10-13(11(17)6-9)19-15(22)14(10)20-18-7-8-3-1-2-4-12(8)21/h1-7,21H,(H,19,20,22)/b18-7+. The predicted octanol–water partition coefficient (Wildman–Crippen LogP) is 3.47. The lowest BCUT2D eigenvalue weighted by Gasteiger charge is -2.01. The lowest BCUT2D eigenvalue weighted by molar-refractivity contribution is -0.110. The van der Waals surface area contributed by atoms with Gasteiger partial charge in [0.1, 0.15) is 5.75 Å². The second kappa shape index (κ2) is 5.79. The molecule has 2 N–H and O–H groups in total. The Hall–Kier alpha value is -2.37. The first-order valence-corrected chi connectivity index (χ1v) is 7.01. The first-order chi connectivity index (χ1) is 10.6. The van der Waals surface area contributed by atoms with E-state index in [2.05, 4.69) is 15.5 Å². The number of nitrogens with zero attached hydrogens (tertiary/aromatic N) is 2. The van der Waals surface area contributed by atoms with Crippen LogP contribution in [0.15, 0.2) is 46.6 Å². The summed E-state index contributed by atoms with van der Waals surface area (Å²) in [6.07, 6.45) is 1.36. The third-order valence-electron chi connectivity index (χ3n) is 3.06. The first kappa shape index (κ1) is 14.6. The van der Waals surface area contributed by atoms with Crippen LogP contribution in [0.3, 0.4) is 0 Å². The van der Waals surface area contributed by atoms with Crippen LogP contribution in [-0.2, 0) is 4.79 Å². The maximum absolute atomic E-state index is 11.9. The van der Waals surface area contributed by atoms with E-state index in [4.69, 9.17) is 23.2 Å². The Balaban J connectivity index is 1.97. The minimum Gasteiger partial charge on any atom is -0.507 e. The summed E-state index contributed by atoms with van der Waals surface area (Å²) < 4.78 is 0. The summed E-state index contributed by atoms with van der Waals surface area (Å²) in [5.74, 6) is -0.331. The summed E-state index contributed by atoms with van der Waals surface area (Å²) >= 11 is 12.0. The van der Waals surface area contributed by atoms with Crippen molar-refractivity contribution in [2.75, 3.05) is 5.32 Å². The van der Waals surface area contributed by atoms with Crippen LogP contribution < -0.4 is 5.32 Å². The number of hydrogen-bond acceptors (Lipinski definition) is 4. The van der Waals surface area contributed by atoms with Gasteiger partial charge in [0.25, 0.3) is 5.91 Å². The van der Waals surface area contributed by atoms with Crippen molar-refractivity contribution in [3.63, 3.8) is 0 Å². The summed E-state index contributed by atoms with van der Waals surface area (Å²) in [6.45, 7) is 0. The van der Waals surface area contributed by atoms with E-state index in [1.807, 2.05) is 0 Å². The van der Waals surface area contributed by atoms with Crippen LogP contribution in [0.5, 0.6) is 5.75 Å². The molecule has 0 saturated heterocycles. The topological polar surface area (TPSA) is 74.0 Å². The zero-order valence-electron chi connectivity index (χ0n) is 11.0. The molecule has 0 fully saturated rings. The maximum atomic E-state index is 11.9. The van der Waals surface area contributed by atoms with Crippen molar-refractivity contribution in [3.8, 4) is 5.75 Å². The van der Waals surface area contributed by atoms with Crippen LogP contribution in [0.4, 0.5) is 5.69 Å². The van der Waals surface area contributed by atoms with Gasteiger partial charge in [-0.2, -0.15) is 5.10 Å². The quantitative estimate of drug-likeness (QED) is 0.652. The zero-order valence-corrected chi connectivity index (χ0v) is 12.6. The number of carbonyl (C=O) groups is 1. The minimum atomic E-state index is -0.409. The molecule has 2 aromatic carbocycles. The SMILES string of the molecule is O=C1Nc2c(Cl)cc(Cl)cc2/C1=N/N=C/c1ccccc1O. The molecule has 0 saturated carbocycles. The normalized spacial score (nSPS) is 15.4. The van der Waals surface area contributed by atoms with E-state index in [1.165, 1.54) is 18.3 Å². The van der Waals surface area contributed by atoms with Gasteiger partial charge in [-0.25, -0.2) is 0 Å². The van der Waals surface area contributed by atoms with Crippen molar-refractivity contribution in [3.05, 3.63) is 57.6 Å². The number of phenolic OH excluding ortho intramolecular Hbond substituents is 1. The van der Waals surface area contributed by atoms with Gasteiger partial charge < -0.3 is 10.4 Å². The maximum Gasteiger partial charge on any atom is 0.276 e. The number of para-hydroxylation sites is 1. The number of fused-ring (bicyclic) bond motifs is 1. The van der Waals surface area contributed by atoms with Crippen LogP contribution in [0, 0.1) is 0 Å². The van der Waals surface area contributed by atoms with E-state index >= 15 is 0 Å². The van der Waals surface area contributed by atoms with E-state index < -0.39 is 5.91 Å². The molecule has 0 bridgehead atoms.